The van der Waals surface area contributed by atoms with Crippen molar-refractivity contribution < 1.29 is 17.6 Å². The number of carbonyl (C=O) groups is 1. The Kier molecular flexibility index (Phi) is 6.22. The number of benzene rings is 3. The normalized spacial score (nSPS) is 12.3. The molecule has 0 heterocycles. The van der Waals surface area contributed by atoms with Crippen molar-refractivity contribution in [3.05, 3.63) is 94.8 Å². The average molecular weight is 427 g/mol. The predicted octanol–water partition coefficient (Wildman–Crippen LogP) is 4.73. The van der Waals surface area contributed by atoms with Gasteiger partial charge in [-0.2, -0.15) is 0 Å². The molecule has 0 unspecified atom stereocenters. The fraction of sp³-hybridized carbons (Fsp3) is 0.174. The monoisotopic (exact) mass is 426 g/mol. The van der Waals surface area contributed by atoms with E-state index in [1.54, 1.807) is 50.2 Å². The lowest BCUT2D eigenvalue weighted by molar-refractivity contribution is 0.0939. The van der Waals surface area contributed by atoms with Gasteiger partial charge in [-0.1, -0.05) is 36.4 Å². The Morgan fingerprint density at radius 2 is 1.60 bits per heavy atom. The zero-order valence-corrected chi connectivity index (χ0v) is 17.8. The number of sulfonamides is 1. The number of aryl methyl sites for hydroxylation is 2. The molecule has 5 nitrogen and oxygen atoms in total. The van der Waals surface area contributed by atoms with Crippen LogP contribution in [0, 0.1) is 19.7 Å². The summed E-state index contributed by atoms with van der Waals surface area (Å²) >= 11 is 0. The maximum absolute atomic E-state index is 13.1. The van der Waals surface area contributed by atoms with Crippen LogP contribution in [0.4, 0.5) is 10.1 Å². The van der Waals surface area contributed by atoms with Gasteiger partial charge in [0.2, 0.25) is 0 Å². The molecule has 30 heavy (non-hydrogen) atoms. The summed E-state index contributed by atoms with van der Waals surface area (Å²) in [7, 11) is -3.88. The quantitative estimate of drug-likeness (QED) is 0.598. The first-order valence-corrected chi connectivity index (χ1v) is 10.9. The second-order valence-electron chi connectivity index (χ2n) is 7.15. The molecule has 7 heteroatoms. The molecule has 3 aromatic rings. The maximum Gasteiger partial charge on any atom is 0.262 e. The van der Waals surface area contributed by atoms with E-state index in [2.05, 4.69) is 10.0 Å². The fourth-order valence-corrected chi connectivity index (χ4v) is 4.44. The van der Waals surface area contributed by atoms with Gasteiger partial charge in [-0.15, -0.1) is 0 Å². The third kappa shape index (κ3) is 4.86. The maximum atomic E-state index is 13.1. The van der Waals surface area contributed by atoms with Gasteiger partial charge in [0.25, 0.3) is 15.9 Å². The molecule has 1 amide bonds. The fourth-order valence-electron chi connectivity index (χ4n) is 3.03. The molecule has 0 bridgehead atoms. The highest BCUT2D eigenvalue weighted by molar-refractivity contribution is 7.92. The summed E-state index contributed by atoms with van der Waals surface area (Å²) in [6.45, 7) is 5.26. The SMILES string of the molecule is Cc1ccccc1NS(=O)(=O)c1cc(C(=O)N[C@H](C)c2ccc(F)cc2)ccc1C. The Morgan fingerprint density at radius 3 is 2.27 bits per heavy atom. The van der Waals surface area contributed by atoms with Gasteiger partial charge in [0, 0.05) is 5.56 Å². The lowest BCUT2D eigenvalue weighted by atomic mass is 10.1. The highest BCUT2D eigenvalue weighted by Gasteiger charge is 2.21. The second kappa shape index (κ2) is 8.67. The summed E-state index contributed by atoms with van der Waals surface area (Å²) in [4.78, 5) is 12.7. The summed E-state index contributed by atoms with van der Waals surface area (Å²) in [5.74, 6) is -0.772. The van der Waals surface area contributed by atoms with Crippen LogP contribution in [0.25, 0.3) is 0 Å². The molecular weight excluding hydrogens is 403 g/mol. The van der Waals surface area contributed by atoms with Crippen LogP contribution in [0.3, 0.4) is 0 Å². The van der Waals surface area contributed by atoms with Crippen LogP contribution in [-0.4, -0.2) is 14.3 Å². The third-order valence-electron chi connectivity index (χ3n) is 4.85. The van der Waals surface area contributed by atoms with Crippen LogP contribution in [-0.2, 0) is 10.0 Å². The van der Waals surface area contributed by atoms with Gasteiger partial charge in [0.1, 0.15) is 5.82 Å². The van der Waals surface area contributed by atoms with Gasteiger partial charge in [0.15, 0.2) is 0 Å². The predicted molar refractivity (Wildman–Crippen MR) is 115 cm³/mol. The highest BCUT2D eigenvalue weighted by Crippen LogP contribution is 2.23. The van der Waals surface area contributed by atoms with Gasteiger partial charge < -0.3 is 5.32 Å². The van der Waals surface area contributed by atoms with Crippen LogP contribution < -0.4 is 10.0 Å². The van der Waals surface area contributed by atoms with Gasteiger partial charge in [0.05, 0.1) is 16.6 Å². The van der Waals surface area contributed by atoms with E-state index in [4.69, 9.17) is 0 Å². The minimum absolute atomic E-state index is 0.0350. The first-order chi connectivity index (χ1) is 14.2. The molecule has 0 spiro atoms. The summed E-state index contributed by atoms with van der Waals surface area (Å²) in [6, 6.07) is 17.1. The number of hydrogen-bond acceptors (Lipinski definition) is 3. The van der Waals surface area contributed by atoms with Crippen LogP contribution in [0.5, 0.6) is 0 Å². The third-order valence-corrected chi connectivity index (χ3v) is 6.35. The molecular formula is C23H23FN2O3S. The summed E-state index contributed by atoms with van der Waals surface area (Å²) in [6.07, 6.45) is 0. The van der Waals surface area contributed by atoms with Crippen molar-refractivity contribution in [1.29, 1.82) is 0 Å². The van der Waals surface area contributed by atoms with E-state index >= 15 is 0 Å². The lowest BCUT2D eigenvalue weighted by Crippen LogP contribution is -2.27. The molecule has 0 radical (unpaired) electrons. The van der Waals surface area contributed by atoms with Crippen molar-refractivity contribution in [3.8, 4) is 0 Å². The first kappa shape index (κ1) is 21.5. The number of carbonyl (C=O) groups excluding carboxylic acids is 1. The van der Waals surface area contributed by atoms with Crippen molar-refractivity contribution in [2.75, 3.05) is 4.72 Å². The van der Waals surface area contributed by atoms with Gasteiger partial charge in [-0.3, -0.25) is 9.52 Å². The summed E-state index contributed by atoms with van der Waals surface area (Å²) in [5.41, 5.74) is 2.77. The van der Waals surface area contributed by atoms with Crippen LogP contribution >= 0.6 is 0 Å². The molecule has 0 aliphatic heterocycles. The molecule has 156 valence electrons. The minimum atomic E-state index is -3.88. The van der Waals surface area contributed by atoms with E-state index in [-0.39, 0.29) is 22.3 Å². The van der Waals surface area contributed by atoms with Crippen LogP contribution in [0.2, 0.25) is 0 Å². The van der Waals surface area contributed by atoms with E-state index in [0.717, 1.165) is 11.1 Å². The van der Waals surface area contributed by atoms with E-state index in [1.807, 2.05) is 19.1 Å². The van der Waals surface area contributed by atoms with Crippen molar-refractivity contribution in [3.63, 3.8) is 0 Å². The Balaban J connectivity index is 1.84. The summed E-state index contributed by atoms with van der Waals surface area (Å²) in [5, 5.41) is 2.81. The van der Waals surface area contributed by atoms with Crippen molar-refractivity contribution in [1.82, 2.24) is 5.32 Å². The van der Waals surface area contributed by atoms with Gasteiger partial charge in [-0.25, -0.2) is 12.8 Å². The highest BCUT2D eigenvalue weighted by atomic mass is 32.2. The molecule has 3 rings (SSSR count). The Bertz CT molecular complexity index is 1180. The number of halogens is 1. The molecule has 1 atom stereocenters. The number of hydrogen-bond donors (Lipinski definition) is 2. The van der Waals surface area contributed by atoms with Crippen molar-refractivity contribution in [2.45, 2.75) is 31.7 Å². The Labute approximate surface area is 176 Å². The molecule has 0 saturated heterocycles. The van der Waals surface area contributed by atoms with E-state index in [1.165, 1.54) is 18.2 Å². The topological polar surface area (TPSA) is 75.3 Å². The van der Waals surface area contributed by atoms with Gasteiger partial charge in [-0.05, 0) is 67.8 Å². The number of amides is 1. The standard InChI is InChI=1S/C23H23FN2O3S/c1-15-6-4-5-7-21(15)26-30(28,29)22-14-19(9-8-16(22)2)23(27)25-17(3)18-10-12-20(24)13-11-18/h4-14,17,26H,1-3H3,(H,25,27)/t17-/m1/s1. The number of para-hydroxylation sites is 1. The van der Waals surface area contributed by atoms with E-state index in [9.17, 15) is 17.6 Å². The molecule has 0 aliphatic carbocycles. The molecule has 0 aliphatic rings. The zero-order chi connectivity index (χ0) is 21.9. The van der Waals surface area contributed by atoms with Crippen molar-refractivity contribution in [2.24, 2.45) is 0 Å². The van der Waals surface area contributed by atoms with Gasteiger partial charge >= 0.3 is 0 Å². The van der Waals surface area contributed by atoms with E-state index < -0.39 is 15.9 Å². The minimum Gasteiger partial charge on any atom is -0.346 e. The van der Waals surface area contributed by atoms with E-state index in [0.29, 0.717) is 11.3 Å². The first-order valence-electron chi connectivity index (χ1n) is 9.43. The lowest BCUT2D eigenvalue weighted by Gasteiger charge is -2.16. The Hall–Kier alpha value is -3.19. The molecule has 3 aromatic carbocycles. The number of anilines is 1. The Morgan fingerprint density at radius 1 is 0.933 bits per heavy atom. The summed E-state index contributed by atoms with van der Waals surface area (Å²) < 4.78 is 41.6. The largest absolute Gasteiger partial charge is 0.346 e. The van der Waals surface area contributed by atoms with Crippen LogP contribution in [0.1, 0.15) is 40.0 Å². The molecule has 0 saturated carbocycles. The van der Waals surface area contributed by atoms with Crippen molar-refractivity contribution >= 4 is 21.6 Å². The second-order valence-corrected chi connectivity index (χ2v) is 8.80. The average Bonchev–Trinajstić information content (AvgIpc) is 2.70. The molecule has 0 aromatic heterocycles. The van der Waals surface area contributed by atoms with Crippen LogP contribution in [0.15, 0.2) is 71.6 Å². The molecule has 0 fully saturated rings. The molecule has 2 N–H and O–H groups in total. The number of rotatable bonds is 6. The zero-order valence-electron chi connectivity index (χ0n) is 16.9. The smallest absolute Gasteiger partial charge is 0.262 e. The number of nitrogens with one attached hydrogen (secondary N) is 2.